The molecule has 0 aliphatic heterocycles. The highest BCUT2D eigenvalue weighted by Crippen LogP contribution is 2.36. The largest absolute Gasteiger partial charge is 0.416 e. The zero-order valence-electron chi connectivity index (χ0n) is 12.4. The molecule has 0 amide bonds. The SMILES string of the molecule is C[C@H](CO[Si](C)(C)C(C)(C)C)[C@H](O)[C@@H](C)CO. The van der Waals surface area contributed by atoms with E-state index in [2.05, 4.69) is 33.9 Å². The van der Waals surface area contributed by atoms with Crippen LogP contribution in [0.2, 0.25) is 18.1 Å². The van der Waals surface area contributed by atoms with E-state index in [1.165, 1.54) is 0 Å². The second kappa shape index (κ2) is 6.32. The first-order valence-electron chi connectivity index (χ1n) is 6.46. The highest BCUT2D eigenvalue weighted by molar-refractivity contribution is 6.74. The molecule has 0 radical (unpaired) electrons. The van der Waals surface area contributed by atoms with Crippen LogP contribution in [0.1, 0.15) is 34.6 Å². The van der Waals surface area contributed by atoms with E-state index in [0.717, 1.165) is 0 Å². The van der Waals surface area contributed by atoms with Gasteiger partial charge in [-0.25, -0.2) is 0 Å². The number of hydrogen-bond donors (Lipinski definition) is 2. The molecule has 0 rings (SSSR count). The lowest BCUT2D eigenvalue weighted by Crippen LogP contribution is -2.43. The van der Waals surface area contributed by atoms with Gasteiger partial charge in [-0.2, -0.15) is 0 Å². The van der Waals surface area contributed by atoms with Gasteiger partial charge in [0.2, 0.25) is 0 Å². The van der Waals surface area contributed by atoms with E-state index in [-0.39, 0.29) is 23.5 Å². The van der Waals surface area contributed by atoms with Gasteiger partial charge >= 0.3 is 0 Å². The van der Waals surface area contributed by atoms with Crippen LogP contribution in [0, 0.1) is 11.8 Å². The van der Waals surface area contributed by atoms with Gasteiger partial charge in [-0.1, -0.05) is 34.6 Å². The number of hydrogen-bond acceptors (Lipinski definition) is 3. The average Bonchev–Trinajstić information content (AvgIpc) is 2.22. The van der Waals surface area contributed by atoms with Crippen molar-refractivity contribution < 1.29 is 14.6 Å². The van der Waals surface area contributed by atoms with Crippen molar-refractivity contribution in [3.05, 3.63) is 0 Å². The number of aliphatic hydroxyl groups excluding tert-OH is 2. The summed E-state index contributed by atoms with van der Waals surface area (Å²) in [5, 5.41) is 19.2. The van der Waals surface area contributed by atoms with E-state index in [1.54, 1.807) is 0 Å². The van der Waals surface area contributed by atoms with Crippen molar-refractivity contribution in [3.8, 4) is 0 Å². The van der Waals surface area contributed by atoms with Crippen molar-refractivity contribution in [1.29, 1.82) is 0 Å². The molecular weight excluding hydrogens is 232 g/mol. The first-order valence-corrected chi connectivity index (χ1v) is 9.36. The van der Waals surface area contributed by atoms with Gasteiger partial charge in [-0.3, -0.25) is 0 Å². The van der Waals surface area contributed by atoms with Crippen LogP contribution in [0.5, 0.6) is 0 Å². The highest BCUT2D eigenvalue weighted by Gasteiger charge is 2.37. The maximum Gasteiger partial charge on any atom is 0.191 e. The first-order chi connectivity index (χ1) is 7.53. The quantitative estimate of drug-likeness (QED) is 0.724. The molecule has 3 nitrogen and oxygen atoms in total. The second-order valence-corrected chi connectivity index (χ2v) is 11.5. The summed E-state index contributed by atoms with van der Waals surface area (Å²) in [5.74, 6) is -0.0284. The second-order valence-electron chi connectivity index (χ2n) is 6.70. The molecule has 0 saturated carbocycles. The Hall–Kier alpha value is 0.0969. The molecule has 4 heteroatoms. The molecule has 17 heavy (non-hydrogen) atoms. The molecule has 0 fully saturated rings. The molecule has 0 bridgehead atoms. The zero-order chi connectivity index (χ0) is 13.9. The van der Waals surface area contributed by atoms with Crippen molar-refractivity contribution in [2.45, 2.75) is 58.9 Å². The Morgan fingerprint density at radius 3 is 1.94 bits per heavy atom. The first kappa shape index (κ1) is 17.1. The summed E-state index contributed by atoms with van der Waals surface area (Å²) >= 11 is 0. The molecule has 0 spiro atoms. The Bertz CT molecular complexity index is 223. The monoisotopic (exact) mass is 262 g/mol. The zero-order valence-corrected chi connectivity index (χ0v) is 13.4. The molecule has 0 aliphatic carbocycles. The molecule has 0 heterocycles. The van der Waals surface area contributed by atoms with Crippen LogP contribution in [0.4, 0.5) is 0 Å². The van der Waals surface area contributed by atoms with Crippen molar-refractivity contribution >= 4 is 8.32 Å². The lowest BCUT2D eigenvalue weighted by atomic mass is 9.95. The van der Waals surface area contributed by atoms with Gasteiger partial charge in [0.25, 0.3) is 0 Å². The molecule has 0 unspecified atom stereocenters. The number of aliphatic hydroxyl groups is 2. The molecule has 3 atom stereocenters. The topological polar surface area (TPSA) is 49.7 Å². The Balaban J connectivity index is 4.29. The maximum atomic E-state index is 9.96. The van der Waals surface area contributed by atoms with Crippen LogP contribution in [-0.4, -0.2) is 37.8 Å². The number of rotatable bonds is 6. The van der Waals surface area contributed by atoms with Gasteiger partial charge in [-0.05, 0) is 18.1 Å². The summed E-state index contributed by atoms with van der Waals surface area (Å²) in [4.78, 5) is 0. The minimum atomic E-state index is -1.73. The third-order valence-electron chi connectivity index (χ3n) is 3.97. The van der Waals surface area contributed by atoms with Crippen molar-refractivity contribution in [1.82, 2.24) is 0 Å². The third kappa shape index (κ3) is 5.08. The van der Waals surface area contributed by atoms with Crippen LogP contribution in [0.15, 0.2) is 0 Å². The fraction of sp³-hybridized carbons (Fsp3) is 1.00. The van der Waals surface area contributed by atoms with Crippen LogP contribution >= 0.6 is 0 Å². The normalized spacial score (nSPS) is 18.9. The summed E-state index contributed by atoms with van der Waals surface area (Å²) in [5.41, 5.74) is 0. The summed E-state index contributed by atoms with van der Waals surface area (Å²) in [6.45, 7) is 15.5. The van der Waals surface area contributed by atoms with E-state index in [9.17, 15) is 5.11 Å². The van der Waals surface area contributed by atoms with E-state index in [4.69, 9.17) is 9.53 Å². The summed E-state index contributed by atoms with van der Waals surface area (Å²) < 4.78 is 6.07. The van der Waals surface area contributed by atoms with E-state index < -0.39 is 14.4 Å². The lowest BCUT2D eigenvalue weighted by Gasteiger charge is -2.37. The molecular formula is C13H30O3Si. The minimum absolute atomic E-state index is 0.0194. The summed E-state index contributed by atoms with van der Waals surface area (Å²) in [6, 6.07) is 0. The minimum Gasteiger partial charge on any atom is -0.416 e. The third-order valence-corrected chi connectivity index (χ3v) is 8.47. The molecule has 2 N–H and O–H groups in total. The Morgan fingerprint density at radius 2 is 1.59 bits per heavy atom. The fourth-order valence-corrected chi connectivity index (χ4v) is 2.44. The van der Waals surface area contributed by atoms with Crippen molar-refractivity contribution in [2.75, 3.05) is 13.2 Å². The smallest absolute Gasteiger partial charge is 0.191 e. The van der Waals surface area contributed by atoms with Crippen molar-refractivity contribution in [3.63, 3.8) is 0 Å². The molecule has 0 aromatic heterocycles. The summed E-state index contributed by atoms with van der Waals surface area (Å²) in [6.07, 6.45) is -0.496. The lowest BCUT2D eigenvalue weighted by molar-refractivity contribution is 0.0178. The van der Waals surface area contributed by atoms with Crippen LogP contribution in [0.25, 0.3) is 0 Å². The Kier molecular flexibility index (Phi) is 6.35. The fourth-order valence-electron chi connectivity index (χ4n) is 1.32. The van der Waals surface area contributed by atoms with E-state index in [0.29, 0.717) is 6.61 Å². The van der Waals surface area contributed by atoms with Crippen LogP contribution in [0.3, 0.4) is 0 Å². The molecule has 104 valence electrons. The predicted molar refractivity (Wildman–Crippen MR) is 74.6 cm³/mol. The van der Waals surface area contributed by atoms with Gasteiger partial charge in [-0.15, -0.1) is 0 Å². The van der Waals surface area contributed by atoms with Crippen molar-refractivity contribution in [2.24, 2.45) is 11.8 Å². The summed E-state index contributed by atoms with van der Waals surface area (Å²) in [7, 11) is -1.73. The van der Waals surface area contributed by atoms with Crippen LogP contribution in [-0.2, 0) is 4.43 Å². The molecule has 0 aromatic rings. The standard InChI is InChI=1S/C13H30O3Si/c1-10(8-14)12(15)11(2)9-16-17(6,7)13(3,4)5/h10-12,14-15H,8-9H2,1-7H3/t10-,11+,12+/m0/s1. The Morgan fingerprint density at radius 1 is 1.12 bits per heavy atom. The Labute approximate surface area is 107 Å². The highest BCUT2D eigenvalue weighted by atomic mass is 28.4. The van der Waals surface area contributed by atoms with Gasteiger partial charge < -0.3 is 14.6 Å². The maximum absolute atomic E-state index is 9.96. The molecule has 0 aromatic carbocycles. The average molecular weight is 262 g/mol. The molecule has 0 saturated heterocycles. The van der Waals surface area contributed by atoms with Gasteiger partial charge in [0, 0.05) is 25.0 Å². The van der Waals surface area contributed by atoms with E-state index in [1.807, 2.05) is 13.8 Å². The van der Waals surface area contributed by atoms with Gasteiger partial charge in [0.1, 0.15) is 0 Å². The van der Waals surface area contributed by atoms with Gasteiger partial charge in [0.15, 0.2) is 8.32 Å². The van der Waals surface area contributed by atoms with Crippen LogP contribution < -0.4 is 0 Å². The molecule has 0 aliphatic rings. The van der Waals surface area contributed by atoms with Gasteiger partial charge in [0.05, 0.1) is 6.10 Å². The van der Waals surface area contributed by atoms with E-state index >= 15 is 0 Å². The predicted octanol–water partition coefficient (Wildman–Crippen LogP) is 2.63.